The number of hydrogen-bond donors (Lipinski definition) is 1. The van der Waals surface area contributed by atoms with Gasteiger partial charge in [0.05, 0.1) is 12.7 Å². The molecule has 1 aromatic rings. The van der Waals surface area contributed by atoms with Gasteiger partial charge in [-0.3, -0.25) is 4.90 Å². The first-order valence-corrected chi connectivity index (χ1v) is 6.42. The normalized spacial score (nSPS) is 13.1. The van der Waals surface area contributed by atoms with Crippen LogP contribution in [-0.2, 0) is 11.3 Å². The number of ether oxygens (including phenoxy) is 1. The molecule has 0 saturated carbocycles. The Labute approximate surface area is 112 Å². The third kappa shape index (κ3) is 5.17. The van der Waals surface area contributed by atoms with Crippen LogP contribution in [0, 0.1) is 6.92 Å². The molecule has 0 amide bonds. The fraction of sp³-hybridized carbons (Fsp3) is 0.538. The first-order valence-electron chi connectivity index (χ1n) is 5.63. The highest BCUT2D eigenvalue weighted by Gasteiger charge is 2.09. The summed E-state index contributed by atoms with van der Waals surface area (Å²) in [5.74, 6) is 0. The number of aliphatic hydroxyl groups is 1. The Balaban J connectivity index is 2.52. The number of rotatable bonds is 6. The molecule has 96 valence electrons. The lowest BCUT2D eigenvalue weighted by atomic mass is 10.1. The van der Waals surface area contributed by atoms with Crippen LogP contribution in [0.2, 0.25) is 0 Å². The Morgan fingerprint density at radius 3 is 2.76 bits per heavy atom. The van der Waals surface area contributed by atoms with Crippen molar-refractivity contribution in [2.24, 2.45) is 0 Å². The molecule has 0 spiro atoms. The minimum absolute atomic E-state index is 0.379. The van der Waals surface area contributed by atoms with E-state index < -0.39 is 6.10 Å². The molecule has 0 unspecified atom stereocenters. The molecule has 0 fully saturated rings. The van der Waals surface area contributed by atoms with Crippen LogP contribution in [0.25, 0.3) is 0 Å². The van der Waals surface area contributed by atoms with Crippen LogP contribution in [0.3, 0.4) is 0 Å². The molecule has 0 aliphatic carbocycles. The fourth-order valence-electron chi connectivity index (χ4n) is 1.80. The van der Waals surface area contributed by atoms with Crippen LogP contribution in [0.1, 0.15) is 11.1 Å². The summed E-state index contributed by atoms with van der Waals surface area (Å²) in [5.41, 5.74) is 2.53. The van der Waals surface area contributed by atoms with E-state index in [1.54, 1.807) is 7.11 Å². The second kappa shape index (κ2) is 7.11. The van der Waals surface area contributed by atoms with Gasteiger partial charge in [0.2, 0.25) is 0 Å². The Hall–Kier alpha value is -0.420. The van der Waals surface area contributed by atoms with E-state index in [4.69, 9.17) is 4.74 Å². The summed E-state index contributed by atoms with van der Waals surface area (Å²) in [7, 11) is 3.60. The Bertz CT molecular complexity index is 357. The molecule has 1 atom stereocenters. The van der Waals surface area contributed by atoms with E-state index in [2.05, 4.69) is 39.9 Å². The standard InChI is InChI=1S/C13H20BrNO2/c1-10-6-12(14)5-4-11(10)7-15(2)8-13(16)9-17-3/h4-6,13,16H,7-9H2,1-3H3/t13-/m0/s1. The van der Waals surface area contributed by atoms with Crippen molar-refractivity contribution in [2.75, 3.05) is 27.3 Å². The lowest BCUT2D eigenvalue weighted by molar-refractivity contribution is 0.0418. The monoisotopic (exact) mass is 301 g/mol. The summed E-state index contributed by atoms with van der Waals surface area (Å²) in [6.45, 7) is 3.92. The van der Waals surface area contributed by atoms with Crippen LogP contribution < -0.4 is 0 Å². The van der Waals surface area contributed by atoms with E-state index in [1.165, 1.54) is 11.1 Å². The number of aliphatic hydroxyl groups excluding tert-OH is 1. The molecular weight excluding hydrogens is 282 g/mol. The third-order valence-corrected chi connectivity index (χ3v) is 3.12. The van der Waals surface area contributed by atoms with Crippen molar-refractivity contribution in [3.63, 3.8) is 0 Å². The summed E-state index contributed by atoms with van der Waals surface area (Å²) >= 11 is 3.45. The minimum atomic E-state index is -0.430. The molecule has 0 aliphatic rings. The quantitative estimate of drug-likeness (QED) is 0.874. The van der Waals surface area contributed by atoms with Gasteiger partial charge in [-0.15, -0.1) is 0 Å². The van der Waals surface area contributed by atoms with E-state index >= 15 is 0 Å². The zero-order chi connectivity index (χ0) is 12.8. The number of likely N-dealkylation sites (N-methyl/N-ethyl adjacent to an activating group) is 1. The number of benzene rings is 1. The smallest absolute Gasteiger partial charge is 0.0900 e. The number of aryl methyl sites for hydroxylation is 1. The molecule has 0 radical (unpaired) electrons. The molecule has 0 bridgehead atoms. The largest absolute Gasteiger partial charge is 0.389 e. The molecule has 1 aromatic carbocycles. The van der Waals surface area contributed by atoms with E-state index in [1.807, 2.05) is 13.1 Å². The van der Waals surface area contributed by atoms with E-state index in [-0.39, 0.29) is 0 Å². The van der Waals surface area contributed by atoms with E-state index in [9.17, 15) is 5.11 Å². The summed E-state index contributed by atoms with van der Waals surface area (Å²) in [6.07, 6.45) is -0.430. The summed E-state index contributed by atoms with van der Waals surface area (Å²) in [6, 6.07) is 6.26. The molecule has 0 heterocycles. The summed E-state index contributed by atoms with van der Waals surface area (Å²) in [4.78, 5) is 2.10. The van der Waals surface area contributed by atoms with Crippen molar-refractivity contribution >= 4 is 15.9 Å². The van der Waals surface area contributed by atoms with Gasteiger partial charge in [0, 0.05) is 24.7 Å². The second-order valence-electron chi connectivity index (χ2n) is 4.38. The lowest BCUT2D eigenvalue weighted by Gasteiger charge is -2.21. The number of methoxy groups -OCH3 is 1. The van der Waals surface area contributed by atoms with Crippen LogP contribution in [0.15, 0.2) is 22.7 Å². The number of hydrogen-bond acceptors (Lipinski definition) is 3. The molecule has 0 aromatic heterocycles. The molecule has 4 heteroatoms. The van der Waals surface area contributed by atoms with Gasteiger partial charge in [0.15, 0.2) is 0 Å². The Kier molecular flexibility index (Phi) is 6.12. The van der Waals surface area contributed by atoms with Gasteiger partial charge in [0.1, 0.15) is 0 Å². The zero-order valence-corrected chi connectivity index (χ0v) is 12.2. The molecule has 0 aliphatic heterocycles. The van der Waals surface area contributed by atoms with E-state index in [0.29, 0.717) is 13.2 Å². The summed E-state index contributed by atoms with van der Waals surface area (Å²) < 4.78 is 6.01. The zero-order valence-electron chi connectivity index (χ0n) is 10.6. The first kappa shape index (κ1) is 14.6. The van der Waals surface area contributed by atoms with E-state index in [0.717, 1.165) is 11.0 Å². The lowest BCUT2D eigenvalue weighted by Crippen LogP contribution is -2.31. The second-order valence-corrected chi connectivity index (χ2v) is 5.29. The maximum Gasteiger partial charge on any atom is 0.0900 e. The predicted octanol–water partition coefficient (Wildman–Crippen LogP) is 2.20. The Morgan fingerprint density at radius 2 is 2.18 bits per heavy atom. The predicted molar refractivity (Wildman–Crippen MR) is 73.1 cm³/mol. The minimum Gasteiger partial charge on any atom is -0.389 e. The molecule has 0 saturated heterocycles. The number of halogens is 1. The average Bonchev–Trinajstić information content (AvgIpc) is 2.22. The van der Waals surface area contributed by atoms with Crippen LogP contribution in [0.4, 0.5) is 0 Å². The third-order valence-electron chi connectivity index (χ3n) is 2.63. The van der Waals surface area contributed by atoms with Gasteiger partial charge in [0.25, 0.3) is 0 Å². The molecule has 17 heavy (non-hydrogen) atoms. The van der Waals surface area contributed by atoms with Crippen molar-refractivity contribution in [1.29, 1.82) is 0 Å². The Morgan fingerprint density at radius 1 is 1.47 bits per heavy atom. The highest BCUT2D eigenvalue weighted by Crippen LogP contribution is 2.17. The van der Waals surface area contributed by atoms with Crippen molar-refractivity contribution in [3.8, 4) is 0 Å². The number of nitrogens with zero attached hydrogens (tertiary/aromatic N) is 1. The maximum absolute atomic E-state index is 9.64. The van der Waals surface area contributed by atoms with Gasteiger partial charge in [-0.25, -0.2) is 0 Å². The fourth-order valence-corrected chi connectivity index (χ4v) is 2.27. The highest BCUT2D eigenvalue weighted by molar-refractivity contribution is 9.10. The van der Waals surface area contributed by atoms with Crippen molar-refractivity contribution in [1.82, 2.24) is 4.90 Å². The average molecular weight is 302 g/mol. The van der Waals surface area contributed by atoms with Gasteiger partial charge >= 0.3 is 0 Å². The van der Waals surface area contributed by atoms with Crippen LogP contribution in [0.5, 0.6) is 0 Å². The molecule has 3 nitrogen and oxygen atoms in total. The summed E-state index contributed by atoms with van der Waals surface area (Å²) in [5, 5.41) is 9.64. The molecule has 1 rings (SSSR count). The van der Waals surface area contributed by atoms with Crippen molar-refractivity contribution < 1.29 is 9.84 Å². The highest BCUT2D eigenvalue weighted by atomic mass is 79.9. The maximum atomic E-state index is 9.64. The molecule has 1 N–H and O–H groups in total. The topological polar surface area (TPSA) is 32.7 Å². The SMILES string of the molecule is COC[C@@H](O)CN(C)Cc1ccc(Br)cc1C. The van der Waals surface area contributed by atoms with Crippen molar-refractivity contribution in [2.45, 2.75) is 19.6 Å². The molecular formula is C13H20BrNO2. The van der Waals surface area contributed by atoms with Crippen LogP contribution >= 0.6 is 15.9 Å². The first-order chi connectivity index (χ1) is 8.02. The van der Waals surface area contributed by atoms with Crippen LogP contribution in [-0.4, -0.2) is 43.4 Å². The van der Waals surface area contributed by atoms with Gasteiger partial charge < -0.3 is 9.84 Å². The van der Waals surface area contributed by atoms with Gasteiger partial charge in [-0.2, -0.15) is 0 Å². The van der Waals surface area contributed by atoms with Crippen molar-refractivity contribution in [3.05, 3.63) is 33.8 Å². The van der Waals surface area contributed by atoms with Gasteiger partial charge in [-0.05, 0) is 37.2 Å². The van der Waals surface area contributed by atoms with Gasteiger partial charge in [-0.1, -0.05) is 22.0 Å².